The quantitative estimate of drug-likeness (QED) is 0.629. The summed E-state index contributed by atoms with van der Waals surface area (Å²) in [6.45, 7) is 4.53. The van der Waals surface area contributed by atoms with Gasteiger partial charge in [-0.15, -0.1) is 0 Å². The Morgan fingerprint density at radius 2 is 1.92 bits per heavy atom. The predicted octanol–water partition coefficient (Wildman–Crippen LogP) is 1.77. The zero-order valence-corrected chi connectivity index (χ0v) is 15.4. The number of rotatable bonds is 5. The van der Waals surface area contributed by atoms with E-state index < -0.39 is 0 Å². The molecule has 7 heteroatoms. The minimum Gasteiger partial charge on any atom is -0.497 e. The lowest BCUT2D eigenvalue weighted by atomic mass is 10.2. The van der Waals surface area contributed by atoms with Crippen molar-refractivity contribution in [3.05, 3.63) is 48.2 Å². The minimum atomic E-state index is 0.378. The molecule has 1 fully saturated rings. The summed E-state index contributed by atoms with van der Waals surface area (Å²) in [5, 5.41) is 3.10. The third-order valence-electron chi connectivity index (χ3n) is 4.45. The number of anilines is 2. The molecular formula is C19H26N6O. The van der Waals surface area contributed by atoms with Gasteiger partial charge in [0.2, 0.25) is 0 Å². The molecule has 138 valence electrons. The van der Waals surface area contributed by atoms with Crippen molar-refractivity contribution in [2.24, 2.45) is 10.7 Å². The normalized spacial score (nSPS) is 15.8. The zero-order valence-electron chi connectivity index (χ0n) is 15.4. The molecule has 1 saturated heterocycles. The number of ether oxygens (including phenoxy) is 1. The van der Waals surface area contributed by atoms with Crippen molar-refractivity contribution in [1.82, 2.24) is 9.88 Å². The average Bonchev–Trinajstić information content (AvgIpc) is 2.68. The maximum atomic E-state index is 6.04. The summed E-state index contributed by atoms with van der Waals surface area (Å²) in [7, 11) is 3.79. The second kappa shape index (κ2) is 8.53. The van der Waals surface area contributed by atoms with Gasteiger partial charge in [0.1, 0.15) is 11.6 Å². The van der Waals surface area contributed by atoms with Gasteiger partial charge in [-0.25, -0.2) is 9.98 Å². The van der Waals surface area contributed by atoms with Crippen LogP contribution >= 0.6 is 0 Å². The highest BCUT2D eigenvalue weighted by atomic mass is 16.5. The highest BCUT2D eigenvalue weighted by Gasteiger charge is 2.17. The van der Waals surface area contributed by atoms with Crippen LogP contribution in [0.1, 0.15) is 5.56 Å². The van der Waals surface area contributed by atoms with Crippen molar-refractivity contribution >= 4 is 17.5 Å². The van der Waals surface area contributed by atoms with Crippen molar-refractivity contribution in [1.29, 1.82) is 0 Å². The number of nitrogens with two attached hydrogens (primary N) is 1. The topological polar surface area (TPSA) is 79.0 Å². The fourth-order valence-electron chi connectivity index (χ4n) is 2.89. The maximum Gasteiger partial charge on any atom is 0.193 e. The molecule has 2 aromatic rings. The highest BCUT2D eigenvalue weighted by molar-refractivity contribution is 5.92. The van der Waals surface area contributed by atoms with Gasteiger partial charge >= 0.3 is 0 Å². The number of aliphatic imine (C=N–C) groups is 1. The SMILES string of the molecule is COc1ccc(NC(N)=NCc2cccnc2N2CCN(C)CC2)cc1. The molecule has 0 amide bonds. The third-order valence-corrected chi connectivity index (χ3v) is 4.45. The number of hydrogen-bond acceptors (Lipinski definition) is 5. The van der Waals surface area contributed by atoms with Gasteiger partial charge in [0.15, 0.2) is 5.96 Å². The van der Waals surface area contributed by atoms with E-state index in [0.717, 1.165) is 49.0 Å². The second-order valence-corrected chi connectivity index (χ2v) is 6.33. The molecule has 0 radical (unpaired) electrons. The number of pyridine rings is 1. The summed E-state index contributed by atoms with van der Waals surface area (Å²) >= 11 is 0. The Hall–Kier alpha value is -2.80. The zero-order chi connectivity index (χ0) is 18.4. The standard InChI is InChI=1S/C19H26N6O/c1-24-10-12-25(13-11-24)18-15(4-3-9-21-18)14-22-19(20)23-16-5-7-17(26-2)8-6-16/h3-9H,10-14H2,1-2H3,(H3,20,22,23). The lowest BCUT2D eigenvalue weighted by Crippen LogP contribution is -2.45. The van der Waals surface area contributed by atoms with Crippen LogP contribution in [0.2, 0.25) is 0 Å². The van der Waals surface area contributed by atoms with Crippen LogP contribution in [0.4, 0.5) is 11.5 Å². The van der Waals surface area contributed by atoms with Gasteiger partial charge in [0.05, 0.1) is 13.7 Å². The lowest BCUT2D eigenvalue weighted by Gasteiger charge is -2.34. The number of nitrogens with one attached hydrogen (secondary N) is 1. The molecule has 0 bridgehead atoms. The molecule has 2 heterocycles. The molecule has 1 aromatic heterocycles. The number of piperazine rings is 1. The van der Waals surface area contributed by atoms with Gasteiger partial charge in [-0.05, 0) is 37.4 Å². The first kappa shape index (κ1) is 18.0. The van der Waals surface area contributed by atoms with E-state index in [1.807, 2.05) is 36.5 Å². The fourth-order valence-corrected chi connectivity index (χ4v) is 2.89. The molecule has 26 heavy (non-hydrogen) atoms. The minimum absolute atomic E-state index is 0.378. The molecule has 0 atom stereocenters. The van der Waals surface area contributed by atoms with Crippen molar-refractivity contribution in [2.45, 2.75) is 6.54 Å². The number of likely N-dealkylation sites (N-methyl/N-ethyl adjacent to an activating group) is 1. The number of aromatic nitrogens is 1. The number of benzene rings is 1. The van der Waals surface area contributed by atoms with Crippen LogP contribution in [-0.2, 0) is 6.54 Å². The largest absolute Gasteiger partial charge is 0.497 e. The van der Waals surface area contributed by atoms with Crippen molar-refractivity contribution in [3.63, 3.8) is 0 Å². The molecule has 3 rings (SSSR count). The first-order chi connectivity index (χ1) is 12.7. The maximum absolute atomic E-state index is 6.04. The number of hydrogen-bond donors (Lipinski definition) is 2. The van der Waals surface area contributed by atoms with E-state index in [0.29, 0.717) is 12.5 Å². The molecule has 0 unspecified atom stereocenters. The Morgan fingerprint density at radius 1 is 1.19 bits per heavy atom. The van der Waals surface area contributed by atoms with E-state index in [9.17, 15) is 0 Å². The molecule has 0 aliphatic carbocycles. The number of methoxy groups -OCH3 is 1. The highest BCUT2D eigenvalue weighted by Crippen LogP contribution is 2.20. The van der Waals surface area contributed by atoms with E-state index >= 15 is 0 Å². The Balaban J connectivity index is 1.65. The van der Waals surface area contributed by atoms with Crippen molar-refractivity contribution in [2.75, 3.05) is 50.6 Å². The van der Waals surface area contributed by atoms with Gasteiger partial charge in [-0.2, -0.15) is 0 Å². The smallest absolute Gasteiger partial charge is 0.193 e. The van der Waals surface area contributed by atoms with E-state index in [2.05, 4.69) is 38.2 Å². The van der Waals surface area contributed by atoms with Crippen LogP contribution in [0.25, 0.3) is 0 Å². The fraction of sp³-hybridized carbons (Fsp3) is 0.368. The number of guanidine groups is 1. The Morgan fingerprint density at radius 3 is 2.62 bits per heavy atom. The number of nitrogens with zero attached hydrogens (tertiary/aromatic N) is 4. The van der Waals surface area contributed by atoms with Crippen LogP contribution in [0.3, 0.4) is 0 Å². The summed E-state index contributed by atoms with van der Waals surface area (Å²) in [4.78, 5) is 13.7. The van der Waals surface area contributed by atoms with E-state index in [4.69, 9.17) is 10.5 Å². The third kappa shape index (κ3) is 4.64. The first-order valence-corrected chi connectivity index (χ1v) is 8.74. The summed E-state index contributed by atoms with van der Waals surface area (Å²) in [6, 6.07) is 11.6. The van der Waals surface area contributed by atoms with E-state index in [-0.39, 0.29) is 0 Å². The van der Waals surface area contributed by atoms with Gasteiger partial charge < -0.3 is 25.6 Å². The summed E-state index contributed by atoms with van der Waals surface area (Å²) in [6.07, 6.45) is 1.83. The van der Waals surface area contributed by atoms with Gasteiger partial charge in [-0.1, -0.05) is 6.07 Å². The molecule has 0 saturated carbocycles. The van der Waals surface area contributed by atoms with Gasteiger partial charge in [0.25, 0.3) is 0 Å². The molecule has 3 N–H and O–H groups in total. The molecule has 1 aromatic carbocycles. The van der Waals surface area contributed by atoms with Crippen LogP contribution in [0, 0.1) is 0 Å². The van der Waals surface area contributed by atoms with Crippen LogP contribution in [-0.4, -0.2) is 56.2 Å². The molecule has 7 nitrogen and oxygen atoms in total. The lowest BCUT2D eigenvalue weighted by molar-refractivity contribution is 0.312. The molecule has 1 aliphatic heterocycles. The summed E-state index contributed by atoms with van der Waals surface area (Å²) in [5.74, 6) is 2.18. The molecule has 0 spiro atoms. The predicted molar refractivity (Wildman–Crippen MR) is 106 cm³/mol. The first-order valence-electron chi connectivity index (χ1n) is 8.74. The Kier molecular flexibility index (Phi) is 5.91. The van der Waals surface area contributed by atoms with Gasteiger partial charge in [0, 0.05) is 43.6 Å². The molecule has 1 aliphatic rings. The average molecular weight is 354 g/mol. The van der Waals surface area contributed by atoms with E-state index in [1.54, 1.807) is 7.11 Å². The van der Waals surface area contributed by atoms with Crippen LogP contribution in [0.15, 0.2) is 47.6 Å². The molecular weight excluding hydrogens is 328 g/mol. The van der Waals surface area contributed by atoms with Crippen molar-refractivity contribution in [3.8, 4) is 5.75 Å². The Labute approximate surface area is 154 Å². The monoisotopic (exact) mass is 354 g/mol. The van der Waals surface area contributed by atoms with Crippen LogP contribution < -0.4 is 20.7 Å². The summed E-state index contributed by atoms with van der Waals surface area (Å²) < 4.78 is 5.15. The van der Waals surface area contributed by atoms with Crippen molar-refractivity contribution < 1.29 is 4.74 Å². The second-order valence-electron chi connectivity index (χ2n) is 6.33. The van der Waals surface area contributed by atoms with E-state index in [1.165, 1.54) is 0 Å². The van der Waals surface area contributed by atoms with Crippen LogP contribution in [0.5, 0.6) is 5.75 Å². The van der Waals surface area contributed by atoms with Gasteiger partial charge in [-0.3, -0.25) is 0 Å². The summed E-state index contributed by atoms with van der Waals surface area (Å²) in [5.41, 5.74) is 7.99. The Bertz CT molecular complexity index is 738.